The third kappa shape index (κ3) is 5.88. The van der Waals surface area contributed by atoms with Crippen molar-refractivity contribution < 1.29 is 34.5 Å². The van der Waals surface area contributed by atoms with Gasteiger partial charge in [-0.1, -0.05) is 20.3 Å². The molecule has 1 fully saturated rings. The summed E-state index contributed by atoms with van der Waals surface area (Å²) in [6, 6.07) is -4.56. The number of rotatable bonds is 10. The van der Waals surface area contributed by atoms with Crippen LogP contribution in [0.25, 0.3) is 0 Å². The molecule has 1 heterocycles. The molecule has 11 heteroatoms. The second-order valence-corrected chi connectivity index (χ2v) is 6.93. The van der Waals surface area contributed by atoms with Crippen LogP contribution >= 0.6 is 0 Å². The maximum atomic E-state index is 12.9. The van der Waals surface area contributed by atoms with Gasteiger partial charge in [-0.15, -0.1) is 0 Å². The van der Waals surface area contributed by atoms with Crippen LogP contribution in [0, 0.1) is 5.92 Å². The summed E-state index contributed by atoms with van der Waals surface area (Å²) in [6.07, 6.45) is 1.43. The standard InChI is InChI=1S/C17H30N4O7/c1-3-9(2)13(16(26)21-6-4-5-12(21)17(27)28)20-15(25)11(8-23)19-14(24)10(18)7-22/h9-13,22-23H,3-8,18H2,1-2H3,(H,19,24)(H,20,25)(H,27,28). The van der Waals surface area contributed by atoms with Crippen molar-refractivity contribution in [3.8, 4) is 0 Å². The molecule has 5 atom stereocenters. The summed E-state index contributed by atoms with van der Waals surface area (Å²) in [5.41, 5.74) is 5.37. The van der Waals surface area contributed by atoms with Gasteiger partial charge in [-0.25, -0.2) is 4.79 Å². The van der Waals surface area contributed by atoms with Gasteiger partial charge in [0.2, 0.25) is 17.7 Å². The van der Waals surface area contributed by atoms with Crippen LogP contribution in [0.4, 0.5) is 0 Å². The van der Waals surface area contributed by atoms with Crippen molar-refractivity contribution in [1.82, 2.24) is 15.5 Å². The number of nitrogens with one attached hydrogen (secondary N) is 2. The van der Waals surface area contributed by atoms with E-state index in [0.717, 1.165) is 0 Å². The highest BCUT2D eigenvalue weighted by atomic mass is 16.4. The van der Waals surface area contributed by atoms with Crippen molar-refractivity contribution in [2.45, 2.75) is 57.3 Å². The third-order valence-corrected chi connectivity index (χ3v) is 4.95. The first kappa shape index (κ1) is 23.8. The molecule has 1 aliphatic rings. The molecule has 0 radical (unpaired) electrons. The minimum absolute atomic E-state index is 0.282. The molecule has 0 aliphatic carbocycles. The van der Waals surface area contributed by atoms with Crippen LogP contribution in [0.1, 0.15) is 33.1 Å². The number of nitrogens with zero attached hydrogens (tertiary/aromatic N) is 1. The van der Waals surface area contributed by atoms with E-state index in [2.05, 4.69) is 10.6 Å². The van der Waals surface area contributed by atoms with Gasteiger partial charge in [0.05, 0.1) is 13.2 Å². The Bertz CT molecular complexity index is 586. The van der Waals surface area contributed by atoms with Gasteiger partial charge in [-0.05, 0) is 18.8 Å². The maximum absolute atomic E-state index is 12.9. The van der Waals surface area contributed by atoms with Gasteiger partial charge in [0, 0.05) is 6.54 Å². The molecule has 3 amide bonds. The quantitative estimate of drug-likeness (QED) is 0.230. The van der Waals surface area contributed by atoms with E-state index in [0.29, 0.717) is 19.3 Å². The molecule has 1 rings (SSSR count). The molecule has 7 N–H and O–H groups in total. The number of aliphatic hydroxyl groups is 2. The number of aliphatic carboxylic acids is 1. The Morgan fingerprint density at radius 1 is 1.14 bits per heavy atom. The largest absolute Gasteiger partial charge is 0.480 e. The highest BCUT2D eigenvalue weighted by Gasteiger charge is 2.39. The van der Waals surface area contributed by atoms with Crippen molar-refractivity contribution >= 4 is 23.7 Å². The number of carbonyl (C=O) groups is 4. The Balaban J connectivity index is 2.92. The summed E-state index contributed by atoms with van der Waals surface area (Å²) in [4.78, 5) is 49.8. The Hall–Kier alpha value is -2.24. The van der Waals surface area contributed by atoms with E-state index in [1.165, 1.54) is 4.90 Å². The van der Waals surface area contributed by atoms with E-state index in [4.69, 9.17) is 10.8 Å². The van der Waals surface area contributed by atoms with E-state index in [-0.39, 0.29) is 12.5 Å². The molecule has 1 saturated heterocycles. The summed E-state index contributed by atoms with van der Waals surface area (Å²) < 4.78 is 0. The molecular formula is C17H30N4O7. The lowest BCUT2D eigenvalue weighted by atomic mass is 9.97. The molecular weight excluding hydrogens is 372 g/mol. The van der Waals surface area contributed by atoms with Crippen LogP contribution in [0.3, 0.4) is 0 Å². The summed E-state index contributed by atoms with van der Waals surface area (Å²) in [5, 5.41) is 32.3. The Kier molecular flexibility index (Phi) is 9.29. The lowest BCUT2D eigenvalue weighted by Crippen LogP contribution is -2.59. The van der Waals surface area contributed by atoms with Crippen LogP contribution in [0.15, 0.2) is 0 Å². The van der Waals surface area contributed by atoms with Gasteiger partial charge in [0.15, 0.2) is 0 Å². The Labute approximate surface area is 163 Å². The zero-order chi connectivity index (χ0) is 21.4. The van der Waals surface area contributed by atoms with Gasteiger partial charge in [0.1, 0.15) is 24.2 Å². The van der Waals surface area contributed by atoms with Gasteiger partial charge in [-0.3, -0.25) is 14.4 Å². The first-order chi connectivity index (χ1) is 13.2. The first-order valence-corrected chi connectivity index (χ1v) is 9.29. The predicted octanol–water partition coefficient (Wildman–Crippen LogP) is -2.61. The smallest absolute Gasteiger partial charge is 0.326 e. The van der Waals surface area contributed by atoms with Crippen LogP contribution in [-0.2, 0) is 19.2 Å². The lowest BCUT2D eigenvalue weighted by Gasteiger charge is -2.31. The van der Waals surface area contributed by atoms with E-state index in [9.17, 15) is 29.4 Å². The molecule has 28 heavy (non-hydrogen) atoms. The van der Waals surface area contributed by atoms with Crippen LogP contribution < -0.4 is 16.4 Å². The first-order valence-electron chi connectivity index (χ1n) is 9.29. The highest BCUT2D eigenvalue weighted by molar-refractivity contribution is 5.94. The summed E-state index contributed by atoms with van der Waals surface area (Å²) >= 11 is 0. The zero-order valence-electron chi connectivity index (χ0n) is 16.1. The lowest BCUT2D eigenvalue weighted by molar-refractivity contribution is -0.150. The second kappa shape index (κ2) is 10.9. The topological polar surface area (TPSA) is 182 Å². The summed E-state index contributed by atoms with van der Waals surface area (Å²) in [5.74, 6) is -3.54. The van der Waals surface area contributed by atoms with Gasteiger partial charge >= 0.3 is 5.97 Å². The fourth-order valence-corrected chi connectivity index (χ4v) is 2.96. The number of carboxylic acids is 1. The maximum Gasteiger partial charge on any atom is 0.326 e. The van der Waals surface area contributed by atoms with Crippen molar-refractivity contribution in [3.63, 3.8) is 0 Å². The molecule has 0 aromatic rings. The number of nitrogens with two attached hydrogens (primary N) is 1. The number of likely N-dealkylation sites (tertiary alicyclic amines) is 1. The van der Waals surface area contributed by atoms with Crippen molar-refractivity contribution in [2.75, 3.05) is 19.8 Å². The summed E-state index contributed by atoms with van der Waals surface area (Å²) in [6.45, 7) is 2.47. The highest BCUT2D eigenvalue weighted by Crippen LogP contribution is 2.21. The minimum Gasteiger partial charge on any atom is -0.480 e. The number of aliphatic hydroxyl groups excluding tert-OH is 2. The van der Waals surface area contributed by atoms with E-state index < -0.39 is 61.1 Å². The van der Waals surface area contributed by atoms with E-state index >= 15 is 0 Å². The third-order valence-electron chi connectivity index (χ3n) is 4.95. The molecule has 0 bridgehead atoms. The molecule has 0 aromatic heterocycles. The Morgan fingerprint density at radius 3 is 2.29 bits per heavy atom. The van der Waals surface area contributed by atoms with E-state index in [1.807, 2.05) is 6.92 Å². The zero-order valence-corrected chi connectivity index (χ0v) is 16.1. The van der Waals surface area contributed by atoms with Gasteiger partial charge in [0.25, 0.3) is 0 Å². The molecule has 0 aromatic carbocycles. The monoisotopic (exact) mass is 402 g/mol. The minimum atomic E-state index is -1.36. The fraction of sp³-hybridized carbons (Fsp3) is 0.765. The molecule has 160 valence electrons. The number of carbonyl (C=O) groups excluding carboxylic acids is 3. The van der Waals surface area contributed by atoms with Crippen LogP contribution in [0.5, 0.6) is 0 Å². The normalized spacial score (nSPS) is 20.8. The van der Waals surface area contributed by atoms with E-state index in [1.54, 1.807) is 6.92 Å². The second-order valence-electron chi connectivity index (χ2n) is 6.93. The number of hydrogen-bond donors (Lipinski definition) is 6. The molecule has 1 aliphatic heterocycles. The fourth-order valence-electron chi connectivity index (χ4n) is 2.96. The van der Waals surface area contributed by atoms with Crippen LogP contribution in [0.2, 0.25) is 0 Å². The van der Waals surface area contributed by atoms with Crippen molar-refractivity contribution in [2.24, 2.45) is 11.7 Å². The molecule has 0 spiro atoms. The van der Waals surface area contributed by atoms with Crippen molar-refractivity contribution in [1.29, 1.82) is 0 Å². The average Bonchev–Trinajstić information content (AvgIpc) is 3.18. The molecule has 11 nitrogen and oxygen atoms in total. The van der Waals surface area contributed by atoms with Gasteiger partial charge in [-0.2, -0.15) is 0 Å². The summed E-state index contributed by atoms with van der Waals surface area (Å²) in [7, 11) is 0. The van der Waals surface area contributed by atoms with Gasteiger partial charge < -0.3 is 36.6 Å². The average molecular weight is 402 g/mol. The Morgan fingerprint density at radius 2 is 1.79 bits per heavy atom. The van der Waals surface area contributed by atoms with Crippen molar-refractivity contribution in [3.05, 3.63) is 0 Å². The SMILES string of the molecule is CCC(C)C(NC(=O)C(CO)NC(=O)C(N)CO)C(=O)N1CCCC1C(=O)O. The number of hydrogen-bond acceptors (Lipinski definition) is 7. The molecule has 0 saturated carbocycles. The molecule has 5 unspecified atom stereocenters. The number of carboxylic acid groups (broad SMARTS) is 1. The van der Waals surface area contributed by atoms with Crippen LogP contribution in [-0.4, -0.2) is 87.8 Å². The number of amides is 3. The predicted molar refractivity (Wildman–Crippen MR) is 97.8 cm³/mol.